The Labute approximate surface area is 139 Å². The third-order valence-corrected chi connectivity index (χ3v) is 3.92. The van der Waals surface area contributed by atoms with Gasteiger partial charge in [-0.25, -0.2) is 8.78 Å². The Morgan fingerprint density at radius 1 is 1.14 bits per heavy atom. The average molecular weight is 412 g/mol. The third-order valence-electron chi connectivity index (χ3n) is 3.25. The third kappa shape index (κ3) is 2.83. The molecule has 3 nitrogen and oxygen atoms in total. The van der Waals surface area contributed by atoms with Crippen LogP contribution in [-0.4, -0.2) is 5.16 Å². The molecule has 0 radical (unpaired) electrons. The van der Waals surface area contributed by atoms with Crippen molar-refractivity contribution < 1.29 is 13.3 Å². The molecule has 0 aliphatic heterocycles. The van der Waals surface area contributed by atoms with Crippen LogP contribution in [0.15, 0.2) is 47.1 Å². The molecule has 0 aliphatic carbocycles. The molecular formula is C16H11F2IN2O. The summed E-state index contributed by atoms with van der Waals surface area (Å²) in [6.07, 6.45) is 1.45. The number of hydrogen-bond acceptors (Lipinski definition) is 3. The van der Waals surface area contributed by atoms with Crippen molar-refractivity contribution in [2.24, 2.45) is 0 Å². The van der Waals surface area contributed by atoms with Gasteiger partial charge >= 0.3 is 0 Å². The van der Waals surface area contributed by atoms with Crippen LogP contribution in [0.1, 0.15) is 5.56 Å². The number of aromatic nitrogens is 1. The normalized spacial score (nSPS) is 10.7. The molecule has 22 heavy (non-hydrogen) atoms. The molecule has 0 amide bonds. The molecule has 0 aliphatic rings. The summed E-state index contributed by atoms with van der Waals surface area (Å²) in [5.74, 6) is -1.51. The zero-order chi connectivity index (χ0) is 15.7. The summed E-state index contributed by atoms with van der Waals surface area (Å²) in [5, 5.41) is 6.57. The van der Waals surface area contributed by atoms with Gasteiger partial charge in [0.1, 0.15) is 0 Å². The summed E-state index contributed by atoms with van der Waals surface area (Å²) in [5.41, 5.74) is 2.07. The Morgan fingerprint density at radius 2 is 1.95 bits per heavy atom. The first-order valence-electron chi connectivity index (χ1n) is 6.48. The zero-order valence-corrected chi connectivity index (χ0v) is 13.7. The first-order valence-corrected chi connectivity index (χ1v) is 7.56. The second-order valence-corrected chi connectivity index (χ2v) is 5.99. The van der Waals surface area contributed by atoms with Crippen LogP contribution in [0.3, 0.4) is 0 Å². The largest absolute Gasteiger partial charge is 0.356 e. The van der Waals surface area contributed by atoms with Gasteiger partial charge in [0.2, 0.25) is 0 Å². The number of hydrogen-bond donors (Lipinski definition) is 1. The van der Waals surface area contributed by atoms with Crippen LogP contribution in [0.4, 0.5) is 20.2 Å². The minimum absolute atomic E-state index is 0.0288. The number of halogens is 3. The van der Waals surface area contributed by atoms with Crippen LogP contribution in [0.5, 0.6) is 0 Å². The van der Waals surface area contributed by atoms with Crippen LogP contribution in [0.25, 0.3) is 11.3 Å². The standard InChI is InChI=1S/C16H11F2IN2O/c1-9-8-10(19)2-5-13(9)21-16-11(14-6-7-20-22-14)3-4-12(17)15(16)18/h2-8,21H,1H3. The van der Waals surface area contributed by atoms with Crippen molar-refractivity contribution in [2.45, 2.75) is 6.92 Å². The molecule has 112 valence electrons. The highest BCUT2D eigenvalue weighted by Crippen LogP contribution is 2.34. The molecule has 0 bridgehead atoms. The average Bonchev–Trinajstić information content (AvgIpc) is 3.00. The lowest BCUT2D eigenvalue weighted by Crippen LogP contribution is -2.00. The number of benzene rings is 2. The molecule has 1 aromatic heterocycles. The highest BCUT2D eigenvalue weighted by atomic mass is 127. The predicted molar refractivity (Wildman–Crippen MR) is 89.0 cm³/mol. The van der Waals surface area contributed by atoms with Crippen molar-refractivity contribution in [3.63, 3.8) is 0 Å². The van der Waals surface area contributed by atoms with Gasteiger partial charge in [-0.1, -0.05) is 5.16 Å². The number of nitrogens with one attached hydrogen (secondary N) is 1. The van der Waals surface area contributed by atoms with Gasteiger partial charge in [-0.2, -0.15) is 0 Å². The van der Waals surface area contributed by atoms with E-state index in [-0.39, 0.29) is 5.69 Å². The maximum atomic E-state index is 14.2. The monoisotopic (exact) mass is 412 g/mol. The molecule has 6 heteroatoms. The maximum absolute atomic E-state index is 14.2. The molecule has 1 heterocycles. The first kappa shape index (κ1) is 15.0. The Balaban J connectivity index is 2.11. The fraction of sp³-hybridized carbons (Fsp3) is 0.0625. The van der Waals surface area contributed by atoms with Gasteiger partial charge in [-0.15, -0.1) is 0 Å². The van der Waals surface area contributed by atoms with Gasteiger partial charge in [0.25, 0.3) is 0 Å². The van der Waals surface area contributed by atoms with E-state index in [2.05, 4.69) is 33.1 Å². The number of rotatable bonds is 3. The van der Waals surface area contributed by atoms with E-state index >= 15 is 0 Å². The molecule has 1 N–H and O–H groups in total. The van der Waals surface area contributed by atoms with Crippen molar-refractivity contribution in [3.05, 3.63) is 63.4 Å². The van der Waals surface area contributed by atoms with E-state index < -0.39 is 11.6 Å². The van der Waals surface area contributed by atoms with Crippen LogP contribution < -0.4 is 5.32 Å². The van der Waals surface area contributed by atoms with Gasteiger partial charge in [0, 0.05) is 20.9 Å². The number of anilines is 2. The molecule has 0 atom stereocenters. The topological polar surface area (TPSA) is 38.1 Å². The molecule has 0 fully saturated rings. The quantitative estimate of drug-likeness (QED) is 0.596. The summed E-state index contributed by atoms with van der Waals surface area (Å²) in [6, 6.07) is 9.79. The summed E-state index contributed by atoms with van der Waals surface area (Å²) in [4.78, 5) is 0. The SMILES string of the molecule is Cc1cc(I)ccc1Nc1c(-c2ccno2)ccc(F)c1F. The smallest absolute Gasteiger partial charge is 0.182 e. The zero-order valence-electron chi connectivity index (χ0n) is 11.5. The summed E-state index contributed by atoms with van der Waals surface area (Å²) >= 11 is 2.20. The second kappa shape index (κ2) is 6.04. The van der Waals surface area contributed by atoms with Gasteiger partial charge < -0.3 is 9.84 Å². The van der Waals surface area contributed by atoms with E-state index in [4.69, 9.17) is 4.52 Å². The van der Waals surface area contributed by atoms with E-state index in [1.807, 2.05) is 25.1 Å². The molecule has 2 aromatic carbocycles. The Morgan fingerprint density at radius 3 is 2.64 bits per heavy atom. The predicted octanol–water partition coefficient (Wildman–Crippen LogP) is 5.28. The Kier molecular flexibility index (Phi) is 4.10. The van der Waals surface area contributed by atoms with E-state index in [0.29, 0.717) is 17.0 Å². The van der Waals surface area contributed by atoms with Gasteiger partial charge in [0.15, 0.2) is 17.4 Å². The van der Waals surface area contributed by atoms with Crippen LogP contribution >= 0.6 is 22.6 Å². The Bertz CT molecular complexity index is 819. The summed E-state index contributed by atoms with van der Waals surface area (Å²) < 4.78 is 34.0. The minimum Gasteiger partial charge on any atom is -0.356 e. The van der Waals surface area contributed by atoms with Crippen molar-refractivity contribution in [2.75, 3.05) is 5.32 Å². The highest BCUT2D eigenvalue weighted by Gasteiger charge is 2.18. The lowest BCUT2D eigenvalue weighted by molar-refractivity contribution is 0.432. The molecule has 3 rings (SSSR count). The Hall–Kier alpha value is -1.96. The minimum atomic E-state index is -0.952. The van der Waals surface area contributed by atoms with Crippen LogP contribution in [-0.2, 0) is 0 Å². The lowest BCUT2D eigenvalue weighted by Gasteiger charge is -2.14. The van der Waals surface area contributed by atoms with E-state index in [9.17, 15) is 8.78 Å². The fourth-order valence-electron chi connectivity index (χ4n) is 2.13. The van der Waals surface area contributed by atoms with E-state index in [1.165, 1.54) is 12.3 Å². The molecular weight excluding hydrogens is 401 g/mol. The summed E-state index contributed by atoms with van der Waals surface area (Å²) in [6.45, 7) is 1.90. The van der Waals surface area contributed by atoms with Crippen molar-refractivity contribution in [1.29, 1.82) is 0 Å². The van der Waals surface area contributed by atoms with E-state index in [0.717, 1.165) is 15.2 Å². The van der Waals surface area contributed by atoms with Crippen molar-refractivity contribution >= 4 is 34.0 Å². The van der Waals surface area contributed by atoms with E-state index in [1.54, 1.807) is 6.07 Å². The van der Waals surface area contributed by atoms with Crippen LogP contribution in [0, 0.1) is 22.1 Å². The molecule has 0 unspecified atom stereocenters. The highest BCUT2D eigenvalue weighted by molar-refractivity contribution is 14.1. The van der Waals surface area contributed by atoms with Crippen molar-refractivity contribution in [1.82, 2.24) is 5.16 Å². The first-order chi connectivity index (χ1) is 10.6. The fourth-order valence-corrected chi connectivity index (χ4v) is 2.78. The second-order valence-electron chi connectivity index (χ2n) is 4.74. The molecule has 0 saturated heterocycles. The van der Waals surface area contributed by atoms with Gasteiger partial charge in [-0.05, 0) is 65.4 Å². The number of nitrogens with zero attached hydrogens (tertiary/aromatic N) is 1. The number of aryl methyl sites for hydroxylation is 1. The lowest BCUT2D eigenvalue weighted by atomic mass is 10.1. The molecule has 0 saturated carbocycles. The van der Waals surface area contributed by atoms with Crippen LogP contribution in [0.2, 0.25) is 0 Å². The van der Waals surface area contributed by atoms with Crippen molar-refractivity contribution in [3.8, 4) is 11.3 Å². The van der Waals surface area contributed by atoms with Gasteiger partial charge in [0.05, 0.1) is 11.9 Å². The molecule has 0 spiro atoms. The molecule has 3 aromatic rings. The summed E-state index contributed by atoms with van der Waals surface area (Å²) in [7, 11) is 0. The maximum Gasteiger partial charge on any atom is 0.182 e. The van der Waals surface area contributed by atoms with Gasteiger partial charge in [-0.3, -0.25) is 0 Å².